The topological polar surface area (TPSA) is 9.23 Å². The quantitative estimate of drug-likeness (QED) is 0.226. The molecular weight excluding hydrogens is 611 g/mol. The van der Waals surface area contributed by atoms with E-state index >= 15 is 0 Å². The molecule has 1 nitrogen and oxygen atoms in total. The summed E-state index contributed by atoms with van der Waals surface area (Å²) < 4.78 is 7.20. The lowest BCUT2D eigenvalue weighted by atomic mass is 9.79. The standard InChI is InChI=1S/C47H65OP/c1-46(2,3)36-29-33(30-37(31-36)47(4,5)6)32-48-42-27-25-34-17-13-15-23-40(34)44(42)45-41-24-16-14-18-35(41)26-28-43(45)49(38-19-9-7-10-20-38)39-21-11-8-12-22-39/h25-31,38-39H,7-24,32H2,1-6H3. The molecule has 2 fully saturated rings. The molecule has 2 saturated carbocycles. The van der Waals surface area contributed by atoms with Crippen LogP contribution < -0.4 is 10.0 Å². The van der Waals surface area contributed by atoms with Gasteiger partial charge in [-0.1, -0.05) is 124 Å². The van der Waals surface area contributed by atoms with E-state index in [1.54, 1.807) is 33.1 Å². The number of benzene rings is 3. The molecule has 4 aliphatic carbocycles. The van der Waals surface area contributed by atoms with Crippen molar-refractivity contribution in [2.75, 3.05) is 0 Å². The number of aryl methyl sites for hydroxylation is 2. The van der Waals surface area contributed by atoms with E-state index in [0.717, 1.165) is 17.1 Å². The molecule has 0 aromatic heterocycles. The van der Waals surface area contributed by atoms with Crippen LogP contribution >= 0.6 is 7.92 Å². The fourth-order valence-electron chi connectivity index (χ4n) is 9.72. The largest absolute Gasteiger partial charge is 0.488 e. The normalized spacial score (nSPS) is 19.5. The highest BCUT2D eigenvalue weighted by atomic mass is 31.1. The van der Waals surface area contributed by atoms with Crippen LogP contribution in [0.15, 0.2) is 42.5 Å². The lowest BCUT2D eigenvalue weighted by molar-refractivity contribution is 0.306. The fraction of sp³-hybridized carbons (Fsp3) is 0.617. The van der Waals surface area contributed by atoms with E-state index in [9.17, 15) is 0 Å². The van der Waals surface area contributed by atoms with E-state index in [-0.39, 0.29) is 18.8 Å². The lowest BCUT2D eigenvalue weighted by Crippen LogP contribution is -2.28. The molecule has 0 saturated heterocycles. The van der Waals surface area contributed by atoms with Crippen LogP contribution in [0, 0.1) is 0 Å². The molecule has 0 unspecified atom stereocenters. The second-order valence-electron chi connectivity index (χ2n) is 18.3. The molecule has 3 aromatic rings. The van der Waals surface area contributed by atoms with Gasteiger partial charge < -0.3 is 4.74 Å². The summed E-state index contributed by atoms with van der Waals surface area (Å²) in [6, 6.07) is 17.4. The highest BCUT2D eigenvalue weighted by molar-refractivity contribution is 7.67. The summed E-state index contributed by atoms with van der Waals surface area (Å²) in [5.41, 5.74) is 15.9. The molecule has 0 aliphatic heterocycles. The lowest BCUT2D eigenvalue weighted by Gasteiger charge is -2.41. The second kappa shape index (κ2) is 14.9. The van der Waals surface area contributed by atoms with Crippen molar-refractivity contribution in [3.8, 4) is 16.9 Å². The molecule has 49 heavy (non-hydrogen) atoms. The minimum absolute atomic E-state index is 0.0976. The van der Waals surface area contributed by atoms with E-state index in [2.05, 4.69) is 84.0 Å². The van der Waals surface area contributed by atoms with Crippen LogP contribution in [0.2, 0.25) is 0 Å². The van der Waals surface area contributed by atoms with Crippen molar-refractivity contribution < 1.29 is 4.74 Å². The van der Waals surface area contributed by atoms with Gasteiger partial charge in [-0.2, -0.15) is 0 Å². The summed E-state index contributed by atoms with van der Waals surface area (Å²) in [5, 5.41) is 1.78. The van der Waals surface area contributed by atoms with E-state index in [0.29, 0.717) is 6.61 Å². The first-order valence-electron chi connectivity index (χ1n) is 20.4. The summed E-state index contributed by atoms with van der Waals surface area (Å²) in [7, 11) is -0.221. The average Bonchev–Trinajstić information content (AvgIpc) is 3.11. The molecule has 4 aliphatic rings. The number of hydrogen-bond donors (Lipinski definition) is 0. The van der Waals surface area contributed by atoms with Crippen LogP contribution in [0.5, 0.6) is 5.75 Å². The Labute approximate surface area is 301 Å². The molecule has 7 rings (SSSR count). The molecule has 0 amide bonds. The Morgan fingerprint density at radius 3 is 1.57 bits per heavy atom. The van der Waals surface area contributed by atoms with Gasteiger partial charge in [-0.25, -0.2) is 0 Å². The van der Waals surface area contributed by atoms with E-state index in [4.69, 9.17) is 4.74 Å². The van der Waals surface area contributed by atoms with E-state index in [1.807, 2.05) is 0 Å². The molecule has 0 radical (unpaired) electrons. The zero-order valence-electron chi connectivity index (χ0n) is 32.0. The minimum atomic E-state index is -0.221. The molecule has 264 valence electrons. The summed E-state index contributed by atoms with van der Waals surface area (Å²) in [4.78, 5) is 0. The molecule has 0 N–H and O–H groups in total. The first-order valence-corrected chi connectivity index (χ1v) is 21.9. The Morgan fingerprint density at radius 2 is 1.04 bits per heavy atom. The Balaban J connectivity index is 1.38. The van der Waals surface area contributed by atoms with Crippen molar-refractivity contribution in [2.24, 2.45) is 0 Å². The molecule has 2 heteroatoms. The molecule has 0 atom stereocenters. The maximum atomic E-state index is 7.20. The van der Waals surface area contributed by atoms with Gasteiger partial charge in [0.05, 0.1) is 0 Å². The molecule has 0 bridgehead atoms. The van der Waals surface area contributed by atoms with E-state index < -0.39 is 0 Å². The van der Waals surface area contributed by atoms with Crippen LogP contribution in [0.4, 0.5) is 0 Å². The first kappa shape index (κ1) is 35.3. The number of rotatable bonds is 7. The number of ether oxygens (including phenoxy) is 1. The number of hydrogen-bond acceptors (Lipinski definition) is 1. The van der Waals surface area contributed by atoms with Crippen molar-refractivity contribution in [1.29, 1.82) is 0 Å². The second-order valence-corrected chi connectivity index (χ2v) is 21.0. The van der Waals surface area contributed by atoms with Crippen LogP contribution in [-0.4, -0.2) is 11.3 Å². The van der Waals surface area contributed by atoms with Gasteiger partial charge >= 0.3 is 0 Å². The predicted molar refractivity (Wildman–Crippen MR) is 214 cm³/mol. The fourth-order valence-corrected chi connectivity index (χ4v) is 13.7. The molecule has 0 heterocycles. The highest BCUT2D eigenvalue weighted by Crippen LogP contribution is 2.58. The van der Waals surface area contributed by atoms with Gasteiger partial charge in [0.1, 0.15) is 12.4 Å². The Morgan fingerprint density at radius 1 is 0.551 bits per heavy atom. The van der Waals surface area contributed by atoms with Crippen LogP contribution in [0.25, 0.3) is 11.1 Å². The van der Waals surface area contributed by atoms with Gasteiger partial charge in [-0.05, 0) is 155 Å². The zero-order chi connectivity index (χ0) is 34.2. The first-order chi connectivity index (χ1) is 23.6. The van der Waals surface area contributed by atoms with Crippen LogP contribution in [-0.2, 0) is 43.1 Å². The third-order valence-electron chi connectivity index (χ3n) is 12.6. The van der Waals surface area contributed by atoms with Crippen LogP contribution in [0.3, 0.4) is 0 Å². The van der Waals surface area contributed by atoms with Crippen LogP contribution in [0.1, 0.15) is 170 Å². The zero-order valence-corrected chi connectivity index (χ0v) is 32.9. The molecular formula is C47H65OP. The van der Waals surface area contributed by atoms with Gasteiger partial charge in [0.2, 0.25) is 0 Å². The van der Waals surface area contributed by atoms with Crippen molar-refractivity contribution in [3.63, 3.8) is 0 Å². The smallest absolute Gasteiger partial charge is 0.127 e. The number of fused-ring (bicyclic) bond motifs is 2. The third-order valence-corrected chi connectivity index (χ3v) is 16.1. The van der Waals surface area contributed by atoms with Gasteiger partial charge in [0.25, 0.3) is 0 Å². The van der Waals surface area contributed by atoms with Gasteiger partial charge in [0, 0.05) is 5.56 Å². The Kier molecular flexibility index (Phi) is 10.7. The van der Waals surface area contributed by atoms with Crippen molar-refractivity contribution in [1.82, 2.24) is 0 Å². The Hall–Kier alpha value is -2.11. The third kappa shape index (κ3) is 7.74. The molecule has 0 spiro atoms. The van der Waals surface area contributed by atoms with Gasteiger partial charge in [-0.3, -0.25) is 0 Å². The van der Waals surface area contributed by atoms with Crippen molar-refractivity contribution >= 4 is 13.2 Å². The van der Waals surface area contributed by atoms with Crippen molar-refractivity contribution in [2.45, 2.75) is 186 Å². The monoisotopic (exact) mass is 676 g/mol. The van der Waals surface area contributed by atoms with Crippen molar-refractivity contribution in [3.05, 3.63) is 81.4 Å². The summed E-state index contributed by atoms with van der Waals surface area (Å²) in [6.45, 7) is 14.7. The predicted octanol–water partition coefficient (Wildman–Crippen LogP) is 13.1. The van der Waals surface area contributed by atoms with Gasteiger partial charge in [0.15, 0.2) is 0 Å². The average molecular weight is 677 g/mol. The summed E-state index contributed by atoms with van der Waals surface area (Å²) in [6.07, 6.45) is 24.6. The SMILES string of the molecule is CC(C)(C)c1cc(COc2ccc3c(c2-c2c(P(C4CCCCC4)C4CCCCC4)ccc4c2CCCC4)CCCC3)cc(C(C)(C)C)c1. The molecule has 3 aromatic carbocycles. The highest BCUT2D eigenvalue weighted by Gasteiger charge is 2.36. The van der Waals surface area contributed by atoms with Gasteiger partial charge in [-0.15, -0.1) is 0 Å². The Bertz CT molecular complexity index is 1550. The minimum Gasteiger partial charge on any atom is -0.488 e. The maximum Gasteiger partial charge on any atom is 0.127 e. The summed E-state index contributed by atoms with van der Waals surface area (Å²) in [5.74, 6) is 1.15. The maximum absolute atomic E-state index is 7.20. The summed E-state index contributed by atoms with van der Waals surface area (Å²) >= 11 is 0. The van der Waals surface area contributed by atoms with E-state index in [1.165, 1.54) is 138 Å².